The number of nitrogens with zero attached hydrogens (tertiary/aromatic N) is 1. The molecule has 1 aromatic rings. The van der Waals surface area contributed by atoms with E-state index in [4.69, 9.17) is 0 Å². The van der Waals surface area contributed by atoms with Crippen LogP contribution < -0.4 is 0 Å². The largest absolute Gasteiger partial charge is 0.243 e. The van der Waals surface area contributed by atoms with Crippen LogP contribution in [0.15, 0.2) is 29.2 Å². The average molecular weight is 336 g/mol. The second kappa shape index (κ2) is 5.67. The first-order chi connectivity index (χ1) is 8.55. The highest BCUT2D eigenvalue weighted by atomic mass is 79.9. The van der Waals surface area contributed by atoms with E-state index in [-0.39, 0.29) is 10.9 Å². The molecule has 0 N–H and O–H groups in total. The van der Waals surface area contributed by atoms with Crippen molar-refractivity contribution in [2.75, 3.05) is 11.9 Å². The maximum atomic E-state index is 13.2. The Morgan fingerprint density at radius 1 is 1.39 bits per heavy atom. The van der Waals surface area contributed by atoms with E-state index in [1.807, 2.05) is 0 Å². The number of alkyl halides is 1. The van der Waals surface area contributed by atoms with Crippen molar-refractivity contribution < 1.29 is 12.8 Å². The predicted octanol–water partition coefficient (Wildman–Crippen LogP) is 2.76. The van der Waals surface area contributed by atoms with Gasteiger partial charge >= 0.3 is 0 Å². The summed E-state index contributed by atoms with van der Waals surface area (Å²) in [6, 6.07) is 5.26. The summed E-state index contributed by atoms with van der Waals surface area (Å²) in [7, 11) is -3.58. The summed E-state index contributed by atoms with van der Waals surface area (Å²) in [5.41, 5.74) is 0. The number of hydrogen-bond acceptors (Lipinski definition) is 2. The highest BCUT2D eigenvalue weighted by Gasteiger charge is 2.34. The van der Waals surface area contributed by atoms with Gasteiger partial charge in [-0.3, -0.25) is 0 Å². The smallest absolute Gasteiger partial charge is 0.207 e. The van der Waals surface area contributed by atoms with Gasteiger partial charge < -0.3 is 0 Å². The second-order valence-electron chi connectivity index (χ2n) is 4.35. The van der Waals surface area contributed by atoms with Gasteiger partial charge in [0.15, 0.2) is 0 Å². The fraction of sp³-hybridized carbons (Fsp3) is 0.500. The monoisotopic (exact) mass is 335 g/mol. The Kier molecular flexibility index (Phi) is 4.40. The van der Waals surface area contributed by atoms with E-state index >= 15 is 0 Å². The number of sulfonamides is 1. The Bertz CT molecular complexity index is 517. The van der Waals surface area contributed by atoms with E-state index in [0.717, 1.165) is 25.3 Å². The fourth-order valence-electron chi connectivity index (χ4n) is 2.02. The average Bonchev–Trinajstić information content (AvgIpc) is 2.26. The normalized spacial score (nSPS) is 16.8. The van der Waals surface area contributed by atoms with Crippen molar-refractivity contribution in [1.29, 1.82) is 0 Å². The van der Waals surface area contributed by atoms with Gasteiger partial charge in [0.05, 0.1) is 4.90 Å². The molecule has 0 aromatic heterocycles. The SMILES string of the molecule is O=S(=O)(c1cccc(F)c1)N(CCBr)C1CCC1. The molecular formula is C12H15BrFNO2S. The van der Waals surface area contributed by atoms with Gasteiger partial charge in [-0.2, -0.15) is 4.31 Å². The van der Waals surface area contributed by atoms with Crippen molar-refractivity contribution in [1.82, 2.24) is 4.31 Å². The number of benzene rings is 1. The van der Waals surface area contributed by atoms with E-state index in [2.05, 4.69) is 15.9 Å². The molecule has 1 saturated carbocycles. The molecule has 2 rings (SSSR count). The first kappa shape index (κ1) is 14.0. The summed E-state index contributed by atoms with van der Waals surface area (Å²) in [6.07, 6.45) is 2.84. The molecule has 1 aliphatic carbocycles. The summed E-state index contributed by atoms with van der Waals surface area (Å²) in [4.78, 5) is 0.0374. The number of rotatable bonds is 5. The predicted molar refractivity (Wildman–Crippen MR) is 71.7 cm³/mol. The Hall–Kier alpha value is -0.460. The third kappa shape index (κ3) is 2.75. The molecule has 0 atom stereocenters. The van der Waals surface area contributed by atoms with E-state index < -0.39 is 15.8 Å². The Labute approximate surface area is 115 Å². The van der Waals surface area contributed by atoms with Gasteiger partial charge in [-0.1, -0.05) is 28.4 Å². The maximum Gasteiger partial charge on any atom is 0.243 e. The maximum absolute atomic E-state index is 13.2. The molecule has 3 nitrogen and oxygen atoms in total. The lowest BCUT2D eigenvalue weighted by Crippen LogP contribution is -2.45. The minimum Gasteiger partial charge on any atom is -0.207 e. The topological polar surface area (TPSA) is 37.4 Å². The summed E-state index contributed by atoms with van der Waals surface area (Å²) < 4.78 is 39.5. The lowest BCUT2D eigenvalue weighted by Gasteiger charge is -2.36. The zero-order valence-electron chi connectivity index (χ0n) is 9.85. The fourth-order valence-corrected chi connectivity index (χ4v) is 4.35. The zero-order chi connectivity index (χ0) is 13.2. The molecule has 1 fully saturated rings. The van der Waals surface area contributed by atoms with Crippen LogP contribution in [0.25, 0.3) is 0 Å². The van der Waals surface area contributed by atoms with Crippen molar-refractivity contribution in [3.8, 4) is 0 Å². The minimum atomic E-state index is -3.58. The van der Waals surface area contributed by atoms with Crippen LogP contribution in [-0.4, -0.2) is 30.6 Å². The van der Waals surface area contributed by atoms with Crippen molar-refractivity contribution in [3.63, 3.8) is 0 Å². The van der Waals surface area contributed by atoms with Crippen molar-refractivity contribution >= 4 is 26.0 Å². The van der Waals surface area contributed by atoms with E-state index in [1.54, 1.807) is 0 Å². The number of hydrogen-bond donors (Lipinski definition) is 0. The molecule has 0 radical (unpaired) electrons. The molecule has 0 amide bonds. The summed E-state index contributed by atoms with van der Waals surface area (Å²) >= 11 is 3.27. The zero-order valence-corrected chi connectivity index (χ0v) is 12.3. The highest BCUT2D eigenvalue weighted by molar-refractivity contribution is 9.09. The van der Waals surface area contributed by atoms with Gasteiger partial charge in [0.1, 0.15) is 5.82 Å². The van der Waals surface area contributed by atoms with Crippen LogP contribution in [0, 0.1) is 5.82 Å². The molecule has 0 spiro atoms. The molecule has 0 heterocycles. The van der Waals surface area contributed by atoms with Crippen LogP contribution in [0.4, 0.5) is 4.39 Å². The Morgan fingerprint density at radius 3 is 2.61 bits per heavy atom. The third-order valence-corrected chi connectivity index (χ3v) is 5.49. The van der Waals surface area contributed by atoms with Gasteiger partial charge in [-0.05, 0) is 31.0 Å². The first-order valence-corrected chi connectivity index (χ1v) is 8.45. The first-order valence-electron chi connectivity index (χ1n) is 5.89. The molecule has 18 heavy (non-hydrogen) atoms. The van der Waals surface area contributed by atoms with Gasteiger partial charge in [-0.15, -0.1) is 0 Å². The number of halogens is 2. The van der Waals surface area contributed by atoms with Gasteiger partial charge in [0.2, 0.25) is 10.0 Å². The third-order valence-electron chi connectivity index (χ3n) is 3.19. The van der Waals surface area contributed by atoms with Crippen LogP contribution in [0.2, 0.25) is 0 Å². The summed E-state index contributed by atoms with van der Waals surface area (Å²) in [5.74, 6) is -0.525. The van der Waals surface area contributed by atoms with Crippen LogP contribution >= 0.6 is 15.9 Å². The molecule has 0 aliphatic heterocycles. The molecule has 1 aliphatic rings. The van der Waals surface area contributed by atoms with E-state index in [9.17, 15) is 12.8 Å². The van der Waals surface area contributed by atoms with Crippen molar-refractivity contribution in [2.45, 2.75) is 30.2 Å². The van der Waals surface area contributed by atoms with Crippen molar-refractivity contribution in [3.05, 3.63) is 30.1 Å². The van der Waals surface area contributed by atoms with Crippen LogP contribution in [0.1, 0.15) is 19.3 Å². The molecule has 0 saturated heterocycles. The van der Waals surface area contributed by atoms with Crippen LogP contribution in [0.3, 0.4) is 0 Å². The Balaban J connectivity index is 2.32. The van der Waals surface area contributed by atoms with Gasteiger partial charge in [0, 0.05) is 17.9 Å². The summed E-state index contributed by atoms with van der Waals surface area (Å²) in [5, 5.41) is 0.581. The van der Waals surface area contributed by atoms with Gasteiger partial charge in [-0.25, -0.2) is 12.8 Å². The molecule has 0 bridgehead atoms. The second-order valence-corrected chi connectivity index (χ2v) is 7.03. The standard InChI is InChI=1S/C12H15BrFNO2S/c13-7-8-15(11-4-2-5-11)18(16,17)12-6-1-3-10(14)9-12/h1,3,6,9,11H,2,4-5,7-8H2. The summed E-state index contributed by atoms with van der Waals surface area (Å²) in [6.45, 7) is 0.420. The van der Waals surface area contributed by atoms with Crippen LogP contribution in [-0.2, 0) is 10.0 Å². The Morgan fingerprint density at radius 2 is 2.11 bits per heavy atom. The molecule has 100 valence electrons. The molecular weight excluding hydrogens is 321 g/mol. The lowest BCUT2D eigenvalue weighted by atomic mass is 9.93. The van der Waals surface area contributed by atoms with Crippen LogP contribution in [0.5, 0.6) is 0 Å². The quantitative estimate of drug-likeness (QED) is 0.776. The van der Waals surface area contributed by atoms with Gasteiger partial charge in [0.25, 0.3) is 0 Å². The van der Waals surface area contributed by atoms with E-state index in [1.165, 1.54) is 22.5 Å². The molecule has 6 heteroatoms. The molecule has 0 unspecified atom stereocenters. The van der Waals surface area contributed by atoms with Crippen molar-refractivity contribution in [2.24, 2.45) is 0 Å². The lowest BCUT2D eigenvalue weighted by molar-refractivity contribution is 0.228. The molecule has 1 aromatic carbocycles. The highest BCUT2D eigenvalue weighted by Crippen LogP contribution is 2.30. The minimum absolute atomic E-state index is 0.0374. The van der Waals surface area contributed by atoms with E-state index in [0.29, 0.717) is 11.9 Å².